The van der Waals surface area contributed by atoms with Crippen LogP contribution in [0.5, 0.6) is 0 Å². The summed E-state index contributed by atoms with van der Waals surface area (Å²) in [4.78, 5) is 10.6. The maximum Gasteiger partial charge on any atom is 0.307 e. The van der Waals surface area contributed by atoms with E-state index in [2.05, 4.69) is 13.8 Å². The Morgan fingerprint density at radius 2 is 1.81 bits per heavy atom. The molecule has 21 heavy (non-hydrogen) atoms. The van der Waals surface area contributed by atoms with Gasteiger partial charge in [0.2, 0.25) is 0 Å². The topological polar surface area (TPSA) is 46.5 Å². The summed E-state index contributed by atoms with van der Waals surface area (Å²) >= 11 is 0. The number of rotatable bonds is 11. The van der Waals surface area contributed by atoms with E-state index < -0.39 is 5.97 Å². The Bertz CT molecular complexity index is 397. The molecule has 0 amide bonds. The molecule has 0 aliphatic heterocycles. The number of unbranched alkanes of at least 4 members (excludes halogenated alkanes) is 3. The standard InChI is InChI=1S/C18H28O3/c1-3-4-5-6-7-15(2)21-13-12-16-8-10-17(11-9-16)14-18(19)20/h8-11,15H,3-7,12-14H2,1-2H3,(H,19,20). The third kappa shape index (κ3) is 8.51. The normalized spacial score (nSPS) is 12.3. The fourth-order valence-electron chi connectivity index (χ4n) is 2.32. The second kappa shape index (κ2) is 10.4. The van der Waals surface area contributed by atoms with Gasteiger partial charge in [-0.05, 0) is 30.9 Å². The van der Waals surface area contributed by atoms with E-state index in [9.17, 15) is 4.79 Å². The molecule has 0 saturated carbocycles. The van der Waals surface area contributed by atoms with Gasteiger partial charge in [0.25, 0.3) is 0 Å². The summed E-state index contributed by atoms with van der Waals surface area (Å²) in [6.45, 7) is 5.09. The SMILES string of the molecule is CCCCCCC(C)OCCc1ccc(CC(=O)O)cc1. The highest BCUT2D eigenvalue weighted by Gasteiger charge is 2.03. The van der Waals surface area contributed by atoms with Gasteiger partial charge in [0.05, 0.1) is 19.1 Å². The monoisotopic (exact) mass is 292 g/mol. The van der Waals surface area contributed by atoms with Gasteiger partial charge in [0.1, 0.15) is 0 Å². The zero-order chi connectivity index (χ0) is 15.5. The lowest BCUT2D eigenvalue weighted by molar-refractivity contribution is -0.136. The molecular weight excluding hydrogens is 264 g/mol. The van der Waals surface area contributed by atoms with Crippen molar-refractivity contribution in [2.24, 2.45) is 0 Å². The van der Waals surface area contributed by atoms with Crippen LogP contribution in [0.4, 0.5) is 0 Å². The molecule has 3 heteroatoms. The first-order valence-electron chi connectivity index (χ1n) is 8.03. The Labute approximate surface area is 128 Å². The fraction of sp³-hybridized carbons (Fsp3) is 0.611. The van der Waals surface area contributed by atoms with Crippen LogP contribution in [0.3, 0.4) is 0 Å². The van der Waals surface area contributed by atoms with Crippen molar-refractivity contribution in [1.82, 2.24) is 0 Å². The number of hydrogen-bond acceptors (Lipinski definition) is 2. The van der Waals surface area contributed by atoms with E-state index in [1.165, 1.54) is 31.2 Å². The number of aliphatic carboxylic acids is 1. The summed E-state index contributed by atoms with van der Waals surface area (Å²) in [5, 5.41) is 8.72. The Hall–Kier alpha value is -1.35. The number of hydrogen-bond donors (Lipinski definition) is 1. The van der Waals surface area contributed by atoms with Crippen molar-refractivity contribution in [3.05, 3.63) is 35.4 Å². The summed E-state index contributed by atoms with van der Waals surface area (Å²) in [5.41, 5.74) is 2.04. The molecule has 3 nitrogen and oxygen atoms in total. The quantitative estimate of drug-likeness (QED) is 0.621. The molecule has 1 aromatic carbocycles. The van der Waals surface area contributed by atoms with Crippen molar-refractivity contribution < 1.29 is 14.6 Å². The van der Waals surface area contributed by atoms with Crippen LogP contribution in [-0.2, 0) is 22.4 Å². The largest absolute Gasteiger partial charge is 0.481 e. The molecule has 0 fully saturated rings. The zero-order valence-corrected chi connectivity index (χ0v) is 13.3. The van der Waals surface area contributed by atoms with Crippen LogP contribution in [0, 0.1) is 0 Å². The van der Waals surface area contributed by atoms with Crippen molar-refractivity contribution in [1.29, 1.82) is 0 Å². The van der Waals surface area contributed by atoms with E-state index in [1.54, 1.807) is 0 Å². The van der Waals surface area contributed by atoms with Gasteiger partial charge in [-0.3, -0.25) is 4.79 Å². The predicted molar refractivity (Wildman–Crippen MR) is 85.7 cm³/mol. The Morgan fingerprint density at radius 1 is 1.14 bits per heavy atom. The lowest BCUT2D eigenvalue weighted by Crippen LogP contribution is -2.10. The van der Waals surface area contributed by atoms with Crippen molar-refractivity contribution in [2.75, 3.05) is 6.61 Å². The fourth-order valence-corrected chi connectivity index (χ4v) is 2.32. The minimum atomic E-state index is -0.789. The number of carboxylic acids is 1. The van der Waals surface area contributed by atoms with Crippen LogP contribution in [0.1, 0.15) is 57.1 Å². The second-order valence-corrected chi connectivity index (χ2v) is 5.67. The first kappa shape index (κ1) is 17.7. The van der Waals surface area contributed by atoms with Gasteiger partial charge in [0.15, 0.2) is 0 Å². The van der Waals surface area contributed by atoms with Gasteiger partial charge in [-0.15, -0.1) is 0 Å². The molecular formula is C18H28O3. The Balaban J connectivity index is 2.18. The first-order valence-corrected chi connectivity index (χ1v) is 8.03. The third-order valence-corrected chi connectivity index (χ3v) is 3.64. The molecule has 0 bridgehead atoms. The number of carboxylic acid groups (broad SMARTS) is 1. The summed E-state index contributed by atoms with van der Waals surface area (Å²) in [5.74, 6) is -0.789. The van der Waals surface area contributed by atoms with E-state index in [4.69, 9.17) is 9.84 Å². The highest BCUT2D eigenvalue weighted by atomic mass is 16.5. The van der Waals surface area contributed by atoms with Crippen LogP contribution < -0.4 is 0 Å². The number of carbonyl (C=O) groups is 1. The van der Waals surface area contributed by atoms with Crippen LogP contribution >= 0.6 is 0 Å². The number of benzene rings is 1. The highest BCUT2D eigenvalue weighted by molar-refractivity contribution is 5.70. The number of ether oxygens (including phenoxy) is 1. The smallest absolute Gasteiger partial charge is 0.307 e. The first-order chi connectivity index (χ1) is 10.1. The van der Waals surface area contributed by atoms with Crippen molar-refractivity contribution in [3.8, 4) is 0 Å². The van der Waals surface area contributed by atoms with Gasteiger partial charge in [0, 0.05) is 0 Å². The molecule has 0 spiro atoms. The van der Waals surface area contributed by atoms with E-state index in [0.29, 0.717) is 6.10 Å². The highest BCUT2D eigenvalue weighted by Crippen LogP contribution is 2.10. The molecule has 1 unspecified atom stereocenters. The van der Waals surface area contributed by atoms with Gasteiger partial charge >= 0.3 is 5.97 Å². The molecule has 0 saturated heterocycles. The summed E-state index contributed by atoms with van der Waals surface area (Å²) < 4.78 is 5.83. The molecule has 0 radical (unpaired) electrons. The van der Waals surface area contributed by atoms with Crippen LogP contribution in [0.25, 0.3) is 0 Å². The maximum absolute atomic E-state index is 10.6. The van der Waals surface area contributed by atoms with Gasteiger partial charge in [-0.1, -0.05) is 56.9 Å². The van der Waals surface area contributed by atoms with Crippen molar-refractivity contribution in [3.63, 3.8) is 0 Å². The molecule has 1 rings (SSSR count). The summed E-state index contributed by atoms with van der Waals surface area (Å²) in [7, 11) is 0. The molecule has 0 aromatic heterocycles. The predicted octanol–water partition coefficient (Wildman–Crippen LogP) is 4.23. The summed E-state index contributed by atoms with van der Waals surface area (Å²) in [6.07, 6.45) is 7.57. The van der Waals surface area contributed by atoms with E-state index >= 15 is 0 Å². The molecule has 1 N–H and O–H groups in total. The minimum Gasteiger partial charge on any atom is -0.481 e. The molecule has 0 aliphatic rings. The zero-order valence-electron chi connectivity index (χ0n) is 13.3. The van der Waals surface area contributed by atoms with Gasteiger partial charge in [-0.2, -0.15) is 0 Å². The van der Waals surface area contributed by atoms with Crippen LogP contribution in [0.2, 0.25) is 0 Å². The molecule has 0 aliphatic carbocycles. The summed E-state index contributed by atoms with van der Waals surface area (Å²) in [6, 6.07) is 7.76. The Kier molecular flexibility index (Phi) is 8.76. The second-order valence-electron chi connectivity index (χ2n) is 5.67. The molecule has 1 aromatic rings. The maximum atomic E-state index is 10.6. The van der Waals surface area contributed by atoms with Gasteiger partial charge < -0.3 is 9.84 Å². The van der Waals surface area contributed by atoms with E-state index in [-0.39, 0.29) is 6.42 Å². The lowest BCUT2D eigenvalue weighted by atomic mass is 10.1. The van der Waals surface area contributed by atoms with E-state index in [0.717, 1.165) is 25.0 Å². The van der Waals surface area contributed by atoms with Crippen molar-refractivity contribution >= 4 is 5.97 Å². The average molecular weight is 292 g/mol. The van der Waals surface area contributed by atoms with Crippen LogP contribution in [0.15, 0.2) is 24.3 Å². The lowest BCUT2D eigenvalue weighted by Gasteiger charge is -2.13. The van der Waals surface area contributed by atoms with E-state index in [1.807, 2.05) is 24.3 Å². The Morgan fingerprint density at radius 3 is 2.43 bits per heavy atom. The molecule has 1 atom stereocenters. The average Bonchev–Trinajstić information content (AvgIpc) is 2.45. The third-order valence-electron chi connectivity index (χ3n) is 3.64. The minimum absolute atomic E-state index is 0.0889. The van der Waals surface area contributed by atoms with Crippen molar-refractivity contribution in [2.45, 2.75) is 64.9 Å². The van der Waals surface area contributed by atoms with Gasteiger partial charge in [-0.25, -0.2) is 0 Å². The molecule has 0 heterocycles. The molecule has 118 valence electrons. The van der Waals surface area contributed by atoms with Crippen LogP contribution in [-0.4, -0.2) is 23.8 Å².